The normalized spacial score (nSPS) is 24.4. The van der Waals surface area contributed by atoms with Crippen LogP contribution in [0.4, 0.5) is 0 Å². The molecule has 6 heteroatoms. The van der Waals surface area contributed by atoms with Crippen LogP contribution < -0.4 is 5.32 Å². The zero-order valence-electron chi connectivity index (χ0n) is 10.6. The van der Waals surface area contributed by atoms with Gasteiger partial charge in [0.15, 0.2) is 5.82 Å². The zero-order chi connectivity index (χ0) is 12.1. The third-order valence-electron chi connectivity index (χ3n) is 3.31. The molecule has 17 heavy (non-hydrogen) atoms. The summed E-state index contributed by atoms with van der Waals surface area (Å²) < 4.78 is 7.34. The first-order valence-corrected chi connectivity index (χ1v) is 6.35. The first-order chi connectivity index (χ1) is 8.35. The Morgan fingerprint density at radius 2 is 2.35 bits per heavy atom. The topological polar surface area (TPSA) is 64.9 Å². The van der Waals surface area contributed by atoms with Crippen molar-refractivity contribution in [1.82, 2.24) is 25.5 Å². The fourth-order valence-corrected chi connectivity index (χ4v) is 2.34. The van der Waals surface area contributed by atoms with Crippen LogP contribution in [0.25, 0.3) is 0 Å². The lowest BCUT2D eigenvalue weighted by Crippen LogP contribution is -2.20. The van der Waals surface area contributed by atoms with Gasteiger partial charge in [-0.3, -0.25) is 0 Å². The van der Waals surface area contributed by atoms with E-state index in [-0.39, 0.29) is 0 Å². The Bertz CT molecular complexity index is 340. The number of ether oxygens (including phenoxy) is 1. The number of rotatable bonds is 6. The van der Waals surface area contributed by atoms with E-state index in [1.807, 2.05) is 4.68 Å². The highest BCUT2D eigenvalue weighted by Crippen LogP contribution is 2.31. The van der Waals surface area contributed by atoms with Gasteiger partial charge in [-0.2, -0.15) is 0 Å². The molecule has 2 atom stereocenters. The minimum Gasteiger partial charge on any atom is -0.381 e. The molecular weight excluding hydrogens is 218 g/mol. The Hall–Kier alpha value is -1.01. The molecule has 2 unspecified atom stereocenters. The second kappa shape index (κ2) is 6.07. The molecular formula is C11H21N5O. The van der Waals surface area contributed by atoms with Gasteiger partial charge in [-0.05, 0) is 42.7 Å². The van der Waals surface area contributed by atoms with E-state index in [1.165, 1.54) is 0 Å². The van der Waals surface area contributed by atoms with E-state index in [0.29, 0.717) is 12.1 Å². The predicted molar refractivity (Wildman–Crippen MR) is 63.5 cm³/mol. The molecule has 1 aliphatic carbocycles. The lowest BCUT2D eigenvalue weighted by atomic mass is 10.2. The molecule has 0 spiro atoms. The molecule has 1 aromatic rings. The number of methoxy groups -OCH3 is 1. The molecule has 1 aliphatic rings. The molecule has 1 heterocycles. The van der Waals surface area contributed by atoms with Crippen molar-refractivity contribution in [1.29, 1.82) is 0 Å². The number of nitrogens with one attached hydrogen (secondary N) is 1. The van der Waals surface area contributed by atoms with Gasteiger partial charge >= 0.3 is 0 Å². The molecule has 1 N–H and O–H groups in total. The van der Waals surface area contributed by atoms with Gasteiger partial charge in [0.25, 0.3) is 0 Å². The van der Waals surface area contributed by atoms with Crippen molar-refractivity contribution < 1.29 is 4.74 Å². The van der Waals surface area contributed by atoms with E-state index in [4.69, 9.17) is 4.74 Å². The number of hydrogen-bond donors (Lipinski definition) is 1. The summed E-state index contributed by atoms with van der Waals surface area (Å²) in [5.74, 6) is 0.931. The first-order valence-electron chi connectivity index (χ1n) is 6.35. The summed E-state index contributed by atoms with van der Waals surface area (Å²) >= 11 is 0. The standard InChI is InChI=1S/C11H21N5O/c1-3-6-12-8-11-13-14-15-16(11)9-4-5-10(7-9)17-2/h9-10,12H,3-8H2,1-2H3. The smallest absolute Gasteiger partial charge is 0.165 e. The molecule has 0 radical (unpaired) electrons. The molecule has 2 rings (SSSR count). The van der Waals surface area contributed by atoms with Crippen LogP contribution in [0.1, 0.15) is 44.5 Å². The highest BCUT2D eigenvalue weighted by atomic mass is 16.5. The van der Waals surface area contributed by atoms with Crippen molar-refractivity contribution in [3.63, 3.8) is 0 Å². The van der Waals surface area contributed by atoms with E-state index in [0.717, 1.165) is 44.6 Å². The van der Waals surface area contributed by atoms with Crippen LogP contribution >= 0.6 is 0 Å². The fourth-order valence-electron chi connectivity index (χ4n) is 2.34. The Kier molecular flexibility index (Phi) is 4.44. The number of nitrogens with zero attached hydrogens (tertiary/aromatic N) is 4. The molecule has 0 amide bonds. The van der Waals surface area contributed by atoms with Crippen molar-refractivity contribution >= 4 is 0 Å². The van der Waals surface area contributed by atoms with Gasteiger partial charge < -0.3 is 10.1 Å². The Morgan fingerprint density at radius 3 is 3.06 bits per heavy atom. The molecule has 6 nitrogen and oxygen atoms in total. The zero-order valence-corrected chi connectivity index (χ0v) is 10.6. The van der Waals surface area contributed by atoms with Crippen molar-refractivity contribution in [2.75, 3.05) is 13.7 Å². The first kappa shape index (κ1) is 12.4. The van der Waals surface area contributed by atoms with Gasteiger partial charge in [-0.1, -0.05) is 6.92 Å². The summed E-state index contributed by atoms with van der Waals surface area (Å²) in [6.07, 6.45) is 4.70. The maximum atomic E-state index is 5.38. The van der Waals surface area contributed by atoms with E-state index < -0.39 is 0 Å². The molecule has 0 bridgehead atoms. The number of aromatic nitrogens is 4. The average molecular weight is 239 g/mol. The third-order valence-corrected chi connectivity index (χ3v) is 3.31. The minimum atomic E-state index is 0.362. The summed E-state index contributed by atoms with van der Waals surface area (Å²) in [5, 5.41) is 15.3. The summed E-state index contributed by atoms with van der Waals surface area (Å²) in [6.45, 7) is 3.89. The SMILES string of the molecule is CCCNCc1nnnn1C1CCC(OC)C1. The Labute approximate surface area is 102 Å². The highest BCUT2D eigenvalue weighted by molar-refractivity contribution is 4.88. The van der Waals surface area contributed by atoms with Crippen LogP contribution in [0.2, 0.25) is 0 Å². The van der Waals surface area contributed by atoms with Crippen molar-refractivity contribution in [2.45, 2.75) is 51.3 Å². The summed E-state index contributed by atoms with van der Waals surface area (Å²) in [4.78, 5) is 0. The Balaban J connectivity index is 1.94. The lowest BCUT2D eigenvalue weighted by molar-refractivity contribution is 0.105. The third kappa shape index (κ3) is 3.01. The van der Waals surface area contributed by atoms with Crippen molar-refractivity contribution in [3.05, 3.63) is 5.82 Å². The second-order valence-corrected chi connectivity index (χ2v) is 4.54. The molecule has 0 aliphatic heterocycles. The largest absolute Gasteiger partial charge is 0.381 e. The van der Waals surface area contributed by atoms with Gasteiger partial charge in [0, 0.05) is 7.11 Å². The monoisotopic (exact) mass is 239 g/mol. The summed E-state index contributed by atoms with van der Waals surface area (Å²) in [6, 6.07) is 0.397. The molecule has 1 fully saturated rings. The quantitative estimate of drug-likeness (QED) is 0.748. The van der Waals surface area contributed by atoms with Gasteiger partial charge in [0.05, 0.1) is 18.7 Å². The maximum Gasteiger partial charge on any atom is 0.165 e. The van der Waals surface area contributed by atoms with Gasteiger partial charge in [-0.25, -0.2) is 4.68 Å². The molecule has 1 aromatic heterocycles. The lowest BCUT2D eigenvalue weighted by Gasteiger charge is -2.12. The number of hydrogen-bond acceptors (Lipinski definition) is 5. The second-order valence-electron chi connectivity index (χ2n) is 4.54. The number of tetrazole rings is 1. The average Bonchev–Trinajstić information content (AvgIpc) is 2.96. The van der Waals surface area contributed by atoms with E-state index in [1.54, 1.807) is 7.11 Å². The van der Waals surface area contributed by atoms with E-state index >= 15 is 0 Å². The van der Waals surface area contributed by atoms with Crippen LogP contribution in [-0.4, -0.2) is 40.0 Å². The van der Waals surface area contributed by atoms with E-state index in [2.05, 4.69) is 27.8 Å². The van der Waals surface area contributed by atoms with Crippen molar-refractivity contribution in [3.8, 4) is 0 Å². The van der Waals surface area contributed by atoms with E-state index in [9.17, 15) is 0 Å². The Morgan fingerprint density at radius 1 is 1.47 bits per heavy atom. The van der Waals surface area contributed by atoms with Crippen LogP contribution in [0.3, 0.4) is 0 Å². The predicted octanol–water partition coefficient (Wildman–Crippen LogP) is 0.913. The molecule has 96 valence electrons. The van der Waals surface area contributed by atoms with Crippen molar-refractivity contribution in [2.24, 2.45) is 0 Å². The molecule has 1 saturated carbocycles. The molecule has 0 aromatic carbocycles. The van der Waals surface area contributed by atoms with Crippen LogP contribution in [0, 0.1) is 0 Å². The maximum absolute atomic E-state index is 5.38. The van der Waals surface area contributed by atoms with Crippen LogP contribution in [-0.2, 0) is 11.3 Å². The van der Waals surface area contributed by atoms with Gasteiger partial charge in [-0.15, -0.1) is 5.10 Å². The summed E-state index contributed by atoms with van der Waals surface area (Å²) in [5.41, 5.74) is 0. The van der Waals surface area contributed by atoms with Gasteiger partial charge in [0.2, 0.25) is 0 Å². The van der Waals surface area contributed by atoms with Crippen LogP contribution in [0.5, 0.6) is 0 Å². The fraction of sp³-hybridized carbons (Fsp3) is 0.909. The van der Waals surface area contributed by atoms with Gasteiger partial charge in [0.1, 0.15) is 0 Å². The van der Waals surface area contributed by atoms with Crippen LogP contribution in [0.15, 0.2) is 0 Å². The minimum absolute atomic E-state index is 0.362. The summed E-state index contributed by atoms with van der Waals surface area (Å²) in [7, 11) is 1.77. The highest BCUT2D eigenvalue weighted by Gasteiger charge is 2.28. The molecule has 0 saturated heterocycles.